The van der Waals surface area contributed by atoms with Gasteiger partial charge in [-0.1, -0.05) is 28.1 Å². The van der Waals surface area contributed by atoms with Gasteiger partial charge < -0.3 is 14.4 Å². The highest BCUT2D eigenvalue weighted by Crippen LogP contribution is 2.31. The summed E-state index contributed by atoms with van der Waals surface area (Å²) in [5.74, 6) is -0.324. The number of piperidine rings is 1. The van der Waals surface area contributed by atoms with Gasteiger partial charge in [0.1, 0.15) is 0 Å². The highest BCUT2D eigenvalue weighted by molar-refractivity contribution is 9.08. The number of alkyl halides is 1. The van der Waals surface area contributed by atoms with Crippen molar-refractivity contribution in [2.24, 2.45) is 0 Å². The molecule has 3 rings (SSSR count). The van der Waals surface area contributed by atoms with Crippen molar-refractivity contribution >= 4 is 21.8 Å². The second kappa shape index (κ2) is 5.84. The van der Waals surface area contributed by atoms with Crippen LogP contribution in [-0.4, -0.2) is 42.9 Å². The van der Waals surface area contributed by atoms with E-state index in [9.17, 15) is 4.79 Å². The van der Waals surface area contributed by atoms with Crippen molar-refractivity contribution in [3.8, 4) is 0 Å². The SMILES string of the molecule is O=C(c1ccc(CBr)cc1)N1CCC2(CC1)OCCO2. The summed E-state index contributed by atoms with van der Waals surface area (Å²) in [4.78, 5) is 14.3. The number of likely N-dealkylation sites (tertiary alicyclic amines) is 1. The average molecular weight is 340 g/mol. The van der Waals surface area contributed by atoms with E-state index >= 15 is 0 Å². The van der Waals surface area contributed by atoms with Gasteiger partial charge in [-0.25, -0.2) is 0 Å². The molecule has 0 aromatic heterocycles. The maximum absolute atomic E-state index is 12.4. The minimum Gasteiger partial charge on any atom is -0.347 e. The lowest BCUT2D eigenvalue weighted by atomic mass is 10.0. The molecule has 0 aliphatic carbocycles. The lowest BCUT2D eigenvalue weighted by Gasteiger charge is -2.37. The first kappa shape index (κ1) is 14.0. The van der Waals surface area contributed by atoms with Gasteiger partial charge in [0.05, 0.1) is 13.2 Å². The predicted molar refractivity (Wildman–Crippen MR) is 78.8 cm³/mol. The standard InChI is InChI=1S/C15H18BrNO3/c16-11-12-1-3-13(4-2-12)14(18)17-7-5-15(6-8-17)19-9-10-20-15/h1-4H,5-11H2. The number of hydrogen-bond donors (Lipinski definition) is 0. The van der Waals surface area contributed by atoms with Crippen LogP contribution in [0.1, 0.15) is 28.8 Å². The maximum atomic E-state index is 12.4. The molecule has 0 saturated carbocycles. The highest BCUT2D eigenvalue weighted by Gasteiger charge is 2.40. The minimum absolute atomic E-state index is 0.0963. The van der Waals surface area contributed by atoms with Gasteiger partial charge in [0, 0.05) is 36.8 Å². The van der Waals surface area contributed by atoms with Crippen LogP contribution in [0.4, 0.5) is 0 Å². The quantitative estimate of drug-likeness (QED) is 0.777. The Balaban J connectivity index is 1.63. The van der Waals surface area contributed by atoms with Gasteiger partial charge in [0.15, 0.2) is 5.79 Å². The molecule has 2 heterocycles. The number of carbonyl (C=O) groups excluding carboxylic acids is 1. The van der Waals surface area contributed by atoms with E-state index in [-0.39, 0.29) is 5.91 Å². The fourth-order valence-corrected chi connectivity index (χ4v) is 3.13. The number of halogens is 1. The molecule has 1 aromatic rings. The Labute approximate surface area is 127 Å². The Bertz CT molecular complexity index is 472. The van der Waals surface area contributed by atoms with Gasteiger partial charge in [-0.05, 0) is 17.7 Å². The van der Waals surface area contributed by atoms with Crippen molar-refractivity contribution in [1.82, 2.24) is 4.90 Å². The number of hydrogen-bond acceptors (Lipinski definition) is 3. The van der Waals surface area contributed by atoms with Crippen molar-refractivity contribution in [2.45, 2.75) is 24.0 Å². The van der Waals surface area contributed by atoms with E-state index in [1.165, 1.54) is 5.56 Å². The van der Waals surface area contributed by atoms with Crippen molar-refractivity contribution in [2.75, 3.05) is 26.3 Å². The molecular formula is C15H18BrNO3. The number of carbonyl (C=O) groups is 1. The average Bonchev–Trinajstić information content (AvgIpc) is 2.96. The van der Waals surface area contributed by atoms with E-state index in [4.69, 9.17) is 9.47 Å². The molecule has 0 radical (unpaired) electrons. The number of ether oxygens (including phenoxy) is 2. The molecule has 2 aliphatic rings. The number of benzene rings is 1. The second-order valence-corrected chi connectivity index (χ2v) is 5.79. The first-order chi connectivity index (χ1) is 9.72. The molecular weight excluding hydrogens is 322 g/mol. The third-order valence-electron chi connectivity index (χ3n) is 3.98. The molecule has 0 atom stereocenters. The van der Waals surface area contributed by atoms with Crippen LogP contribution in [0.15, 0.2) is 24.3 Å². The minimum atomic E-state index is -0.420. The first-order valence-corrected chi connectivity index (χ1v) is 8.07. The molecule has 1 aromatic carbocycles. The van der Waals surface area contributed by atoms with Crippen molar-refractivity contribution < 1.29 is 14.3 Å². The van der Waals surface area contributed by atoms with Gasteiger partial charge in [0.25, 0.3) is 5.91 Å². The molecule has 2 aliphatic heterocycles. The van der Waals surface area contributed by atoms with Crippen molar-refractivity contribution in [3.05, 3.63) is 35.4 Å². The third kappa shape index (κ3) is 2.75. The summed E-state index contributed by atoms with van der Waals surface area (Å²) in [5.41, 5.74) is 1.92. The van der Waals surface area contributed by atoms with Gasteiger partial charge >= 0.3 is 0 Å². The molecule has 1 spiro atoms. The van der Waals surface area contributed by atoms with E-state index in [0.717, 1.165) is 23.7 Å². The largest absolute Gasteiger partial charge is 0.347 e. The molecule has 108 valence electrons. The molecule has 0 bridgehead atoms. The van der Waals surface area contributed by atoms with Crippen LogP contribution in [0.2, 0.25) is 0 Å². The zero-order chi connectivity index (χ0) is 14.0. The summed E-state index contributed by atoms with van der Waals surface area (Å²) in [5, 5.41) is 0.808. The van der Waals surface area contributed by atoms with Gasteiger partial charge in [-0.3, -0.25) is 4.79 Å². The summed E-state index contributed by atoms with van der Waals surface area (Å²) < 4.78 is 11.4. The molecule has 2 saturated heterocycles. The van der Waals surface area contributed by atoms with E-state index < -0.39 is 5.79 Å². The monoisotopic (exact) mass is 339 g/mol. The first-order valence-electron chi connectivity index (χ1n) is 6.95. The molecule has 4 nitrogen and oxygen atoms in total. The number of nitrogens with zero attached hydrogens (tertiary/aromatic N) is 1. The van der Waals surface area contributed by atoms with E-state index in [1.54, 1.807) is 0 Å². The summed E-state index contributed by atoms with van der Waals surface area (Å²) in [7, 11) is 0. The van der Waals surface area contributed by atoms with Crippen LogP contribution in [0.25, 0.3) is 0 Å². The molecule has 2 fully saturated rings. The Hall–Kier alpha value is -0.910. The number of rotatable bonds is 2. The van der Waals surface area contributed by atoms with Gasteiger partial charge in [-0.2, -0.15) is 0 Å². The fourth-order valence-electron chi connectivity index (χ4n) is 2.76. The van der Waals surface area contributed by atoms with E-state index in [1.807, 2.05) is 29.2 Å². The van der Waals surface area contributed by atoms with Crippen LogP contribution < -0.4 is 0 Å². The molecule has 5 heteroatoms. The van der Waals surface area contributed by atoms with Crippen molar-refractivity contribution in [3.63, 3.8) is 0 Å². The third-order valence-corrected chi connectivity index (χ3v) is 4.63. The lowest BCUT2D eigenvalue weighted by molar-refractivity contribution is -0.181. The zero-order valence-corrected chi connectivity index (χ0v) is 12.9. The van der Waals surface area contributed by atoms with Crippen LogP contribution in [-0.2, 0) is 14.8 Å². The summed E-state index contributed by atoms with van der Waals surface area (Å²) >= 11 is 3.41. The van der Waals surface area contributed by atoms with Crippen LogP contribution >= 0.6 is 15.9 Å². The van der Waals surface area contributed by atoms with Crippen LogP contribution in [0.3, 0.4) is 0 Å². The normalized spacial score (nSPS) is 21.4. The van der Waals surface area contributed by atoms with Crippen molar-refractivity contribution in [1.29, 1.82) is 0 Å². The predicted octanol–water partition coefficient (Wildman–Crippen LogP) is 2.56. The summed E-state index contributed by atoms with van der Waals surface area (Å²) in [6.45, 7) is 2.72. The Morgan fingerprint density at radius 3 is 2.30 bits per heavy atom. The molecule has 0 unspecified atom stereocenters. The Morgan fingerprint density at radius 2 is 1.75 bits per heavy atom. The highest BCUT2D eigenvalue weighted by atomic mass is 79.9. The second-order valence-electron chi connectivity index (χ2n) is 5.23. The lowest BCUT2D eigenvalue weighted by Crippen LogP contribution is -2.47. The molecule has 1 amide bonds. The zero-order valence-electron chi connectivity index (χ0n) is 11.3. The molecule has 0 N–H and O–H groups in total. The Kier molecular flexibility index (Phi) is 4.10. The maximum Gasteiger partial charge on any atom is 0.253 e. The van der Waals surface area contributed by atoms with Gasteiger partial charge in [-0.15, -0.1) is 0 Å². The number of amides is 1. The smallest absolute Gasteiger partial charge is 0.253 e. The van der Waals surface area contributed by atoms with Gasteiger partial charge in [0.2, 0.25) is 0 Å². The van der Waals surface area contributed by atoms with Crippen LogP contribution in [0, 0.1) is 0 Å². The fraction of sp³-hybridized carbons (Fsp3) is 0.533. The topological polar surface area (TPSA) is 38.8 Å². The van der Waals surface area contributed by atoms with E-state index in [2.05, 4.69) is 15.9 Å². The van der Waals surface area contributed by atoms with Crippen LogP contribution in [0.5, 0.6) is 0 Å². The van der Waals surface area contributed by atoms with E-state index in [0.29, 0.717) is 26.3 Å². The summed E-state index contributed by atoms with van der Waals surface area (Å²) in [6.07, 6.45) is 1.52. The molecule has 20 heavy (non-hydrogen) atoms. The Morgan fingerprint density at radius 1 is 1.15 bits per heavy atom. The summed E-state index contributed by atoms with van der Waals surface area (Å²) in [6, 6.07) is 7.75.